The van der Waals surface area contributed by atoms with Gasteiger partial charge in [-0.1, -0.05) is 19.9 Å². The molecule has 8 heteroatoms. The van der Waals surface area contributed by atoms with E-state index in [9.17, 15) is 18.8 Å². The molecule has 0 bridgehead atoms. The van der Waals surface area contributed by atoms with Gasteiger partial charge in [-0.05, 0) is 42.0 Å². The molecular weight excluding hydrogens is 381 g/mol. The molecule has 6 nitrogen and oxygen atoms in total. The third-order valence-electron chi connectivity index (χ3n) is 4.56. The van der Waals surface area contributed by atoms with Crippen LogP contribution in [0.5, 0.6) is 0 Å². The molecule has 2 N–H and O–H groups in total. The van der Waals surface area contributed by atoms with Gasteiger partial charge in [0.05, 0.1) is 10.6 Å². The highest BCUT2D eigenvalue weighted by molar-refractivity contribution is 7.12. The molecule has 148 valence electrons. The van der Waals surface area contributed by atoms with Crippen molar-refractivity contribution >= 4 is 40.4 Å². The number of thiophene rings is 1. The Balaban J connectivity index is 1.70. The van der Waals surface area contributed by atoms with Gasteiger partial charge >= 0.3 is 0 Å². The summed E-state index contributed by atoms with van der Waals surface area (Å²) in [5, 5.41) is 7.16. The average Bonchev–Trinajstić information content (AvgIpc) is 3.31. The van der Waals surface area contributed by atoms with Crippen LogP contribution >= 0.6 is 11.3 Å². The van der Waals surface area contributed by atoms with Crippen molar-refractivity contribution in [3.8, 4) is 0 Å². The minimum absolute atomic E-state index is 0.105. The van der Waals surface area contributed by atoms with Crippen LogP contribution in [0, 0.1) is 11.7 Å². The number of nitrogens with zero attached hydrogens (tertiary/aromatic N) is 1. The van der Waals surface area contributed by atoms with E-state index in [1.165, 1.54) is 28.4 Å². The lowest BCUT2D eigenvalue weighted by Crippen LogP contribution is -2.46. The number of rotatable bonds is 6. The lowest BCUT2D eigenvalue weighted by Gasteiger charge is -2.22. The molecule has 2 aromatic rings. The van der Waals surface area contributed by atoms with E-state index in [1.54, 1.807) is 23.6 Å². The van der Waals surface area contributed by atoms with Crippen LogP contribution in [0.3, 0.4) is 0 Å². The average molecular weight is 403 g/mol. The molecule has 1 fully saturated rings. The summed E-state index contributed by atoms with van der Waals surface area (Å²) in [7, 11) is 0. The Morgan fingerprint density at radius 1 is 1.25 bits per heavy atom. The smallest absolute Gasteiger partial charge is 0.262 e. The fourth-order valence-corrected chi connectivity index (χ4v) is 3.71. The van der Waals surface area contributed by atoms with Crippen molar-refractivity contribution in [1.29, 1.82) is 0 Å². The molecule has 3 rings (SSSR count). The number of hydrogen-bond donors (Lipinski definition) is 2. The normalized spacial score (nSPS) is 15.0. The third kappa shape index (κ3) is 4.39. The van der Waals surface area contributed by atoms with E-state index in [-0.39, 0.29) is 29.1 Å². The minimum Gasteiger partial charge on any atom is -0.339 e. The first-order valence-electron chi connectivity index (χ1n) is 9.12. The van der Waals surface area contributed by atoms with Gasteiger partial charge in [0.25, 0.3) is 5.91 Å². The van der Waals surface area contributed by atoms with E-state index in [4.69, 9.17) is 0 Å². The second-order valence-corrected chi connectivity index (χ2v) is 7.92. The number of carbonyl (C=O) groups excluding carboxylic acids is 3. The molecule has 1 unspecified atom stereocenters. The maximum absolute atomic E-state index is 14.5. The number of amides is 3. The molecule has 1 aromatic heterocycles. The van der Waals surface area contributed by atoms with Crippen LogP contribution < -0.4 is 15.5 Å². The van der Waals surface area contributed by atoms with Crippen LogP contribution in [0.2, 0.25) is 0 Å². The summed E-state index contributed by atoms with van der Waals surface area (Å²) in [6.07, 6.45) is 1.12. The molecule has 28 heavy (non-hydrogen) atoms. The Kier molecular flexibility index (Phi) is 6.08. The summed E-state index contributed by atoms with van der Waals surface area (Å²) in [5.41, 5.74) is 0.487. The highest BCUT2D eigenvalue weighted by Crippen LogP contribution is 2.27. The van der Waals surface area contributed by atoms with Crippen molar-refractivity contribution in [2.75, 3.05) is 16.8 Å². The number of carbonyl (C=O) groups is 3. The van der Waals surface area contributed by atoms with E-state index in [1.807, 2.05) is 13.8 Å². The van der Waals surface area contributed by atoms with Gasteiger partial charge in [0.1, 0.15) is 11.9 Å². The van der Waals surface area contributed by atoms with Crippen molar-refractivity contribution < 1.29 is 18.8 Å². The SMILES string of the molecule is CC(C)C(NC(=O)c1cccs1)C(=O)Nc1ccc(N2CCCC2=O)c(F)c1. The molecule has 0 spiro atoms. The monoisotopic (exact) mass is 403 g/mol. The van der Waals surface area contributed by atoms with Crippen LogP contribution in [0.4, 0.5) is 15.8 Å². The first-order valence-corrected chi connectivity index (χ1v) is 10.00. The number of hydrogen-bond acceptors (Lipinski definition) is 4. The van der Waals surface area contributed by atoms with Crippen LogP contribution in [0.15, 0.2) is 35.7 Å². The molecule has 0 aliphatic carbocycles. The molecule has 3 amide bonds. The van der Waals surface area contributed by atoms with E-state index < -0.39 is 17.8 Å². The lowest BCUT2D eigenvalue weighted by molar-refractivity contribution is -0.119. The molecule has 0 saturated carbocycles. The first kappa shape index (κ1) is 20.0. The minimum atomic E-state index is -0.766. The molecular formula is C20H22FN3O3S. The summed E-state index contributed by atoms with van der Waals surface area (Å²) in [6, 6.07) is 6.92. The standard InChI is InChI=1S/C20H22FN3O3S/c1-12(2)18(23-19(26)16-5-4-10-28-16)20(27)22-13-7-8-15(14(21)11-13)24-9-3-6-17(24)25/h4-5,7-8,10-12,18H,3,6,9H2,1-2H3,(H,22,27)(H,23,26). The van der Waals surface area contributed by atoms with Crippen molar-refractivity contribution in [3.63, 3.8) is 0 Å². The Hall–Kier alpha value is -2.74. The van der Waals surface area contributed by atoms with Gasteiger partial charge in [-0.15, -0.1) is 11.3 Å². The zero-order valence-corrected chi connectivity index (χ0v) is 16.5. The second kappa shape index (κ2) is 8.52. The lowest BCUT2D eigenvalue weighted by atomic mass is 10.0. The van der Waals surface area contributed by atoms with Gasteiger partial charge in [0, 0.05) is 18.7 Å². The summed E-state index contributed by atoms with van der Waals surface area (Å²) >= 11 is 1.29. The van der Waals surface area contributed by atoms with Crippen molar-refractivity contribution in [2.24, 2.45) is 5.92 Å². The Morgan fingerprint density at radius 2 is 2.04 bits per heavy atom. The van der Waals surface area contributed by atoms with Gasteiger partial charge in [-0.25, -0.2) is 4.39 Å². The van der Waals surface area contributed by atoms with Gasteiger partial charge in [0.2, 0.25) is 11.8 Å². The molecule has 0 radical (unpaired) electrons. The second-order valence-electron chi connectivity index (χ2n) is 6.98. The summed E-state index contributed by atoms with van der Waals surface area (Å²) in [4.78, 5) is 38.7. The Labute approximate surface area is 166 Å². The van der Waals surface area contributed by atoms with Crippen molar-refractivity contribution in [1.82, 2.24) is 5.32 Å². The predicted octanol–water partition coefficient (Wildman–Crippen LogP) is 3.41. The van der Waals surface area contributed by atoms with Gasteiger partial charge in [-0.2, -0.15) is 0 Å². The molecule has 1 aliphatic heterocycles. The topological polar surface area (TPSA) is 78.5 Å². The molecule has 2 heterocycles. The van der Waals surface area contributed by atoms with Gasteiger partial charge in [-0.3, -0.25) is 14.4 Å². The maximum atomic E-state index is 14.5. The van der Waals surface area contributed by atoms with E-state index in [0.717, 1.165) is 0 Å². The number of anilines is 2. The quantitative estimate of drug-likeness (QED) is 0.776. The van der Waals surface area contributed by atoms with Gasteiger partial charge in [0.15, 0.2) is 0 Å². The van der Waals surface area contributed by atoms with Crippen LogP contribution in [-0.2, 0) is 9.59 Å². The largest absolute Gasteiger partial charge is 0.339 e. The number of halogens is 1. The first-order chi connectivity index (χ1) is 13.4. The van der Waals surface area contributed by atoms with E-state index in [0.29, 0.717) is 24.3 Å². The van der Waals surface area contributed by atoms with Crippen LogP contribution in [0.25, 0.3) is 0 Å². The summed E-state index contributed by atoms with van der Waals surface area (Å²) in [6.45, 7) is 4.13. The summed E-state index contributed by atoms with van der Waals surface area (Å²) < 4.78 is 14.5. The predicted molar refractivity (Wildman–Crippen MR) is 107 cm³/mol. The van der Waals surface area contributed by atoms with Gasteiger partial charge < -0.3 is 15.5 Å². The van der Waals surface area contributed by atoms with Crippen molar-refractivity contribution in [3.05, 3.63) is 46.4 Å². The number of benzene rings is 1. The fraction of sp³-hybridized carbons (Fsp3) is 0.350. The maximum Gasteiger partial charge on any atom is 0.262 e. The zero-order valence-electron chi connectivity index (χ0n) is 15.7. The highest BCUT2D eigenvalue weighted by atomic mass is 32.1. The Morgan fingerprint density at radius 3 is 2.61 bits per heavy atom. The fourth-order valence-electron chi connectivity index (χ4n) is 3.08. The molecule has 1 aromatic carbocycles. The van der Waals surface area contributed by atoms with Crippen LogP contribution in [0.1, 0.15) is 36.4 Å². The summed E-state index contributed by atoms with van der Waals surface area (Å²) in [5.74, 6) is -1.58. The molecule has 1 saturated heterocycles. The third-order valence-corrected chi connectivity index (χ3v) is 5.43. The van der Waals surface area contributed by atoms with Crippen LogP contribution in [-0.4, -0.2) is 30.3 Å². The van der Waals surface area contributed by atoms with Crippen molar-refractivity contribution in [2.45, 2.75) is 32.7 Å². The zero-order chi connectivity index (χ0) is 20.3. The highest BCUT2D eigenvalue weighted by Gasteiger charge is 2.27. The molecule has 1 atom stereocenters. The Bertz CT molecular complexity index is 883. The molecule has 1 aliphatic rings. The number of nitrogens with one attached hydrogen (secondary N) is 2. The van der Waals surface area contributed by atoms with E-state index >= 15 is 0 Å². The van der Waals surface area contributed by atoms with E-state index in [2.05, 4.69) is 10.6 Å².